The van der Waals surface area contributed by atoms with Crippen molar-refractivity contribution in [3.63, 3.8) is 0 Å². The Kier molecular flexibility index (Phi) is 4.53. The molecule has 0 radical (unpaired) electrons. The Morgan fingerprint density at radius 1 is 1.53 bits per heavy atom. The highest BCUT2D eigenvalue weighted by molar-refractivity contribution is 7.89. The van der Waals surface area contributed by atoms with Crippen LogP contribution in [0.2, 0.25) is 0 Å². The van der Waals surface area contributed by atoms with Crippen molar-refractivity contribution in [2.45, 2.75) is 44.2 Å². The van der Waals surface area contributed by atoms with E-state index in [-0.39, 0.29) is 10.9 Å². The van der Waals surface area contributed by atoms with Crippen molar-refractivity contribution in [2.24, 2.45) is 5.92 Å². The Balaban J connectivity index is 2.21. The predicted molar refractivity (Wildman–Crippen MR) is 74.7 cm³/mol. The maximum absolute atomic E-state index is 12.6. The van der Waals surface area contributed by atoms with Crippen molar-refractivity contribution >= 4 is 21.6 Å². The van der Waals surface area contributed by atoms with Crippen LogP contribution in [0.25, 0.3) is 0 Å². The molecule has 1 aromatic heterocycles. The third kappa shape index (κ3) is 3.49. The molecule has 0 unspecified atom stereocenters. The fraction of sp³-hybridized carbons (Fsp3) is 0.750. The monoisotopic (exact) mass is 305 g/mol. The van der Waals surface area contributed by atoms with Gasteiger partial charge in [0.05, 0.1) is 12.7 Å². The van der Waals surface area contributed by atoms with Crippen LogP contribution in [-0.2, 0) is 16.6 Å². The van der Waals surface area contributed by atoms with E-state index in [1.165, 1.54) is 6.20 Å². The van der Waals surface area contributed by atoms with Gasteiger partial charge in [-0.15, -0.1) is 11.6 Å². The lowest BCUT2D eigenvalue weighted by molar-refractivity contribution is 0.341. The first kappa shape index (κ1) is 14.8. The Morgan fingerprint density at radius 3 is 2.74 bits per heavy atom. The maximum Gasteiger partial charge on any atom is 0.246 e. The minimum absolute atomic E-state index is 0.0398. The number of rotatable bonds is 7. The Labute approximate surface area is 119 Å². The first-order valence-corrected chi connectivity index (χ1v) is 8.53. The molecule has 5 nitrogen and oxygen atoms in total. The molecule has 19 heavy (non-hydrogen) atoms. The van der Waals surface area contributed by atoms with Gasteiger partial charge in [0.1, 0.15) is 4.90 Å². The molecule has 0 bridgehead atoms. The smallest absolute Gasteiger partial charge is 0.246 e. The molecule has 1 saturated carbocycles. The van der Waals surface area contributed by atoms with E-state index >= 15 is 0 Å². The molecule has 1 fully saturated rings. The van der Waals surface area contributed by atoms with Crippen LogP contribution < -0.4 is 0 Å². The molecule has 0 spiro atoms. The van der Waals surface area contributed by atoms with Crippen molar-refractivity contribution in [2.75, 3.05) is 12.4 Å². The zero-order valence-corrected chi connectivity index (χ0v) is 12.9. The molecule has 0 aliphatic heterocycles. The number of halogens is 1. The lowest BCUT2D eigenvalue weighted by Crippen LogP contribution is -2.38. The number of aromatic nitrogens is 2. The van der Waals surface area contributed by atoms with Crippen LogP contribution in [0.3, 0.4) is 0 Å². The molecule has 1 aliphatic carbocycles. The zero-order valence-electron chi connectivity index (χ0n) is 11.3. The SMILES string of the molecule is CC(C)N(CC1CC1)S(=O)(=O)c1cnn(CCCl)c1. The van der Waals surface area contributed by atoms with Crippen LogP contribution in [0.5, 0.6) is 0 Å². The average Bonchev–Trinajstić information content (AvgIpc) is 3.03. The summed E-state index contributed by atoms with van der Waals surface area (Å²) in [4.78, 5) is 0.256. The summed E-state index contributed by atoms with van der Waals surface area (Å²) in [6.07, 6.45) is 5.22. The number of nitrogens with zero attached hydrogens (tertiary/aromatic N) is 3. The minimum Gasteiger partial charge on any atom is -0.270 e. The fourth-order valence-corrected chi connectivity index (χ4v) is 3.80. The van der Waals surface area contributed by atoms with Crippen LogP contribution in [0.15, 0.2) is 17.3 Å². The molecule has 1 aliphatic rings. The highest BCUT2D eigenvalue weighted by Gasteiger charge is 2.33. The van der Waals surface area contributed by atoms with Gasteiger partial charge >= 0.3 is 0 Å². The molecule has 7 heteroatoms. The summed E-state index contributed by atoms with van der Waals surface area (Å²) in [5.41, 5.74) is 0. The second-order valence-corrected chi connectivity index (χ2v) is 7.51. The fourth-order valence-electron chi connectivity index (χ4n) is 1.96. The van der Waals surface area contributed by atoms with Gasteiger partial charge in [0, 0.05) is 24.7 Å². The van der Waals surface area contributed by atoms with Gasteiger partial charge in [0.15, 0.2) is 0 Å². The lowest BCUT2D eigenvalue weighted by atomic mass is 10.3. The van der Waals surface area contributed by atoms with Gasteiger partial charge in [0.25, 0.3) is 0 Å². The number of aryl methyl sites for hydroxylation is 1. The predicted octanol–water partition coefficient (Wildman–Crippen LogP) is 1.93. The summed E-state index contributed by atoms with van der Waals surface area (Å²) in [5, 5.41) is 4.04. The van der Waals surface area contributed by atoms with Gasteiger partial charge in [-0.1, -0.05) is 0 Å². The van der Waals surface area contributed by atoms with Crippen LogP contribution in [0.1, 0.15) is 26.7 Å². The molecule has 0 atom stereocenters. The van der Waals surface area contributed by atoms with Gasteiger partial charge in [-0.3, -0.25) is 4.68 Å². The third-order valence-corrected chi connectivity index (χ3v) is 5.40. The minimum atomic E-state index is -3.45. The third-order valence-electron chi connectivity index (χ3n) is 3.24. The molecule has 108 valence electrons. The maximum atomic E-state index is 12.6. The molecule has 0 saturated heterocycles. The Bertz CT molecular complexity index is 523. The summed E-state index contributed by atoms with van der Waals surface area (Å²) >= 11 is 5.63. The summed E-state index contributed by atoms with van der Waals surface area (Å²) < 4.78 is 28.3. The van der Waals surface area contributed by atoms with Gasteiger partial charge in [0.2, 0.25) is 10.0 Å². The highest BCUT2D eigenvalue weighted by Crippen LogP contribution is 2.32. The molecular weight excluding hydrogens is 286 g/mol. The molecule has 0 amide bonds. The van der Waals surface area contributed by atoms with Crippen molar-refractivity contribution in [3.8, 4) is 0 Å². The normalized spacial score (nSPS) is 16.5. The van der Waals surface area contributed by atoms with E-state index in [0.29, 0.717) is 24.9 Å². The van der Waals surface area contributed by atoms with E-state index in [0.717, 1.165) is 12.8 Å². The molecule has 1 heterocycles. The first-order chi connectivity index (χ1) is 8.95. The highest BCUT2D eigenvalue weighted by atomic mass is 35.5. The molecular formula is C12H20ClN3O2S. The van der Waals surface area contributed by atoms with Crippen LogP contribution >= 0.6 is 11.6 Å². The second-order valence-electron chi connectivity index (χ2n) is 5.24. The Morgan fingerprint density at radius 2 is 2.21 bits per heavy atom. The molecule has 0 N–H and O–H groups in total. The second kappa shape index (κ2) is 5.81. The number of hydrogen-bond donors (Lipinski definition) is 0. The number of sulfonamides is 1. The largest absolute Gasteiger partial charge is 0.270 e. The van der Waals surface area contributed by atoms with E-state index in [9.17, 15) is 8.42 Å². The molecule has 2 rings (SSSR count). The van der Waals surface area contributed by atoms with Gasteiger partial charge in [-0.05, 0) is 32.6 Å². The van der Waals surface area contributed by atoms with E-state index in [1.807, 2.05) is 13.8 Å². The average molecular weight is 306 g/mol. The first-order valence-electron chi connectivity index (χ1n) is 6.55. The molecule has 1 aromatic rings. The van der Waals surface area contributed by atoms with Gasteiger partial charge < -0.3 is 0 Å². The van der Waals surface area contributed by atoms with E-state index in [1.54, 1.807) is 15.2 Å². The quantitative estimate of drug-likeness (QED) is 0.723. The van der Waals surface area contributed by atoms with E-state index in [4.69, 9.17) is 11.6 Å². The lowest BCUT2D eigenvalue weighted by Gasteiger charge is -2.25. The van der Waals surface area contributed by atoms with E-state index < -0.39 is 10.0 Å². The summed E-state index contributed by atoms with van der Waals surface area (Å²) in [6.45, 7) is 4.94. The summed E-state index contributed by atoms with van der Waals surface area (Å²) in [5.74, 6) is 0.937. The van der Waals surface area contributed by atoms with E-state index in [2.05, 4.69) is 5.10 Å². The number of alkyl halides is 1. The topological polar surface area (TPSA) is 55.2 Å². The standard InChI is InChI=1S/C12H20ClN3O2S/c1-10(2)16(8-11-3-4-11)19(17,18)12-7-14-15(9-12)6-5-13/h7,9-11H,3-6,8H2,1-2H3. The Hall–Kier alpha value is -0.590. The summed E-state index contributed by atoms with van der Waals surface area (Å²) in [7, 11) is -3.45. The van der Waals surface area contributed by atoms with Crippen molar-refractivity contribution < 1.29 is 8.42 Å². The van der Waals surface area contributed by atoms with Crippen molar-refractivity contribution in [1.29, 1.82) is 0 Å². The van der Waals surface area contributed by atoms with Crippen LogP contribution in [-0.4, -0.2) is 41.0 Å². The molecule has 0 aromatic carbocycles. The van der Waals surface area contributed by atoms with Gasteiger partial charge in [-0.25, -0.2) is 8.42 Å². The summed E-state index contributed by atoms with van der Waals surface area (Å²) in [6, 6.07) is -0.0398. The van der Waals surface area contributed by atoms with Crippen LogP contribution in [0.4, 0.5) is 0 Å². The van der Waals surface area contributed by atoms with Crippen molar-refractivity contribution in [3.05, 3.63) is 12.4 Å². The van der Waals surface area contributed by atoms with Crippen LogP contribution in [0, 0.1) is 5.92 Å². The van der Waals surface area contributed by atoms with Gasteiger partial charge in [-0.2, -0.15) is 9.40 Å². The number of hydrogen-bond acceptors (Lipinski definition) is 3. The van der Waals surface area contributed by atoms with Crippen molar-refractivity contribution in [1.82, 2.24) is 14.1 Å². The zero-order chi connectivity index (χ0) is 14.0.